The number of carbonyl (C=O) groups is 1. The molecule has 0 atom stereocenters. The van der Waals surface area contributed by atoms with Gasteiger partial charge in [-0.25, -0.2) is 4.98 Å². The Balaban J connectivity index is 1.48. The molecule has 4 aromatic rings. The van der Waals surface area contributed by atoms with Gasteiger partial charge in [0, 0.05) is 6.54 Å². The molecule has 3 aromatic carbocycles. The molecule has 0 saturated carbocycles. The summed E-state index contributed by atoms with van der Waals surface area (Å²) in [5, 5.41) is 5.70. The summed E-state index contributed by atoms with van der Waals surface area (Å²) in [4.78, 5) is 29.2. The number of carbonyl (C=O) groups excluding carboxylic acids is 1. The molecule has 0 bridgehead atoms. The molecule has 0 aliphatic rings. The molecule has 0 aliphatic carbocycles. The minimum absolute atomic E-state index is 0.0523. The number of nitrogens with zero attached hydrogens (tertiary/aromatic N) is 2. The fourth-order valence-corrected chi connectivity index (χ4v) is 3.21. The molecule has 0 unspecified atom stereocenters. The molecule has 4 rings (SSSR count). The number of hydrogen-bond donors (Lipinski definition) is 1. The van der Waals surface area contributed by atoms with Crippen molar-refractivity contribution in [3.05, 3.63) is 88.5 Å². The van der Waals surface area contributed by atoms with Crippen molar-refractivity contribution in [2.75, 3.05) is 0 Å². The number of aryl methyl sites for hydroxylation is 1. The summed E-state index contributed by atoms with van der Waals surface area (Å²) >= 11 is 0. The van der Waals surface area contributed by atoms with Crippen LogP contribution in [0.25, 0.3) is 21.7 Å². The monoisotopic (exact) mass is 357 g/mol. The van der Waals surface area contributed by atoms with Crippen molar-refractivity contribution in [2.24, 2.45) is 0 Å². The van der Waals surface area contributed by atoms with Crippen molar-refractivity contribution in [1.82, 2.24) is 14.9 Å². The van der Waals surface area contributed by atoms with Crippen LogP contribution in [0.4, 0.5) is 0 Å². The molecule has 0 spiro atoms. The van der Waals surface area contributed by atoms with Crippen molar-refractivity contribution in [2.45, 2.75) is 20.0 Å². The third kappa shape index (κ3) is 3.44. The summed E-state index contributed by atoms with van der Waals surface area (Å²) in [5.41, 5.74) is 2.43. The largest absolute Gasteiger partial charge is 0.350 e. The van der Waals surface area contributed by atoms with Gasteiger partial charge in [-0.15, -0.1) is 0 Å². The SMILES string of the molecule is Cc1cccc2c(=O)n(CC(=O)NCc3ccc4ccccc4c3)cnc12. The second kappa shape index (κ2) is 7.03. The predicted octanol–water partition coefficient (Wildman–Crippen LogP) is 3.17. The van der Waals surface area contributed by atoms with Gasteiger partial charge in [-0.1, -0.05) is 48.5 Å². The first-order chi connectivity index (χ1) is 13.1. The van der Waals surface area contributed by atoms with E-state index in [2.05, 4.69) is 22.4 Å². The van der Waals surface area contributed by atoms with E-state index in [1.807, 2.05) is 49.4 Å². The Morgan fingerprint density at radius 3 is 2.70 bits per heavy atom. The normalized spacial score (nSPS) is 11.0. The number of benzene rings is 3. The van der Waals surface area contributed by atoms with Gasteiger partial charge >= 0.3 is 0 Å². The maximum absolute atomic E-state index is 12.6. The quantitative estimate of drug-likeness (QED) is 0.610. The lowest BCUT2D eigenvalue weighted by Crippen LogP contribution is -2.32. The van der Waals surface area contributed by atoms with E-state index < -0.39 is 0 Å². The van der Waals surface area contributed by atoms with Crippen LogP contribution >= 0.6 is 0 Å². The Morgan fingerprint density at radius 1 is 1.04 bits per heavy atom. The molecule has 27 heavy (non-hydrogen) atoms. The first kappa shape index (κ1) is 17.0. The van der Waals surface area contributed by atoms with Crippen LogP contribution in [0.3, 0.4) is 0 Å². The summed E-state index contributed by atoms with van der Waals surface area (Å²) in [6, 6.07) is 19.7. The van der Waals surface area contributed by atoms with E-state index >= 15 is 0 Å². The van der Waals surface area contributed by atoms with Gasteiger partial charge in [-0.05, 0) is 41.0 Å². The Morgan fingerprint density at radius 2 is 1.85 bits per heavy atom. The van der Waals surface area contributed by atoms with Gasteiger partial charge in [0.05, 0.1) is 17.2 Å². The van der Waals surface area contributed by atoms with E-state index in [0.29, 0.717) is 17.4 Å². The highest BCUT2D eigenvalue weighted by Gasteiger charge is 2.09. The van der Waals surface area contributed by atoms with Crippen LogP contribution in [0.1, 0.15) is 11.1 Å². The molecule has 1 amide bonds. The zero-order valence-electron chi connectivity index (χ0n) is 15.0. The summed E-state index contributed by atoms with van der Waals surface area (Å²) in [5.74, 6) is -0.223. The minimum Gasteiger partial charge on any atom is -0.350 e. The Labute approximate surface area is 156 Å². The lowest BCUT2D eigenvalue weighted by molar-refractivity contribution is -0.121. The van der Waals surface area contributed by atoms with Crippen molar-refractivity contribution in [1.29, 1.82) is 0 Å². The Bertz CT molecular complexity index is 1210. The van der Waals surface area contributed by atoms with Gasteiger partial charge in [0.1, 0.15) is 6.54 Å². The fourth-order valence-electron chi connectivity index (χ4n) is 3.21. The topological polar surface area (TPSA) is 64.0 Å². The van der Waals surface area contributed by atoms with Crippen LogP contribution < -0.4 is 10.9 Å². The maximum atomic E-state index is 12.6. The smallest absolute Gasteiger partial charge is 0.261 e. The van der Waals surface area contributed by atoms with E-state index in [1.165, 1.54) is 10.9 Å². The molecular formula is C22H19N3O2. The molecule has 1 heterocycles. The third-order valence-corrected chi connectivity index (χ3v) is 4.67. The first-order valence-corrected chi connectivity index (χ1v) is 8.81. The predicted molar refractivity (Wildman–Crippen MR) is 107 cm³/mol. The molecule has 5 heteroatoms. The zero-order valence-corrected chi connectivity index (χ0v) is 15.0. The average Bonchev–Trinajstić information content (AvgIpc) is 2.69. The maximum Gasteiger partial charge on any atom is 0.261 e. The first-order valence-electron chi connectivity index (χ1n) is 8.81. The number of fused-ring (bicyclic) bond motifs is 2. The second-order valence-electron chi connectivity index (χ2n) is 6.61. The van der Waals surface area contributed by atoms with Gasteiger partial charge in [0.25, 0.3) is 5.56 Å². The minimum atomic E-state index is -0.223. The number of aromatic nitrogens is 2. The number of rotatable bonds is 4. The Kier molecular flexibility index (Phi) is 4.42. The van der Waals surface area contributed by atoms with Gasteiger partial charge in [-0.2, -0.15) is 0 Å². The number of nitrogens with one attached hydrogen (secondary N) is 1. The lowest BCUT2D eigenvalue weighted by atomic mass is 10.1. The van der Waals surface area contributed by atoms with Crippen molar-refractivity contribution in [3.8, 4) is 0 Å². The Hall–Kier alpha value is -3.47. The molecule has 0 fully saturated rings. The van der Waals surface area contributed by atoms with Crippen LogP contribution in [-0.2, 0) is 17.9 Å². The molecule has 134 valence electrons. The molecule has 5 nitrogen and oxygen atoms in total. The van der Waals surface area contributed by atoms with Crippen LogP contribution in [-0.4, -0.2) is 15.5 Å². The highest BCUT2D eigenvalue weighted by atomic mass is 16.2. The highest BCUT2D eigenvalue weighted by molar-refractivity contribution is 5.83. The van der Waals surface area contributed by atoms with Crippen molar-refractivity contribution < 1.29 is 4.79 Å². The van der Waals surface area contributed by atoms with E-state index in [1.54, 1.807) is 6.07 Å². The fraction of sp³-hybridized carbons (Fsp3) is 0.136. The standard InChI is InChI=1S/C22H19N3O2/c1-15-5-4-8-19-21(15)24-14-25(22(19)27)13-20(26)23-12-16-9-10-17-6-2-3-7-18(17)11-16/h2-11,14H,12-13H2,1H3,(H,23,26). The third-order valence-electron chi connectivity index (χ3n) is 4.67. The summed E-state index contributed by atoms with van der Waals surface area (Å²) in [6.45, 7) is 2.28. The van der Waals surface area contributed by atoms with Gasteiger partial charge in [-0.3, -0.25) is 14.2 Å². The van der Waals surface area contributed by atoms with Crippen molar-refractivity contribution in [3.63, 3.8) is 0 Å². The molecule has 0 radical (unpaired) electrons. The summed E-state index contributed by atoms with van der Waals surface area (Å²) < 4.78 is 1.34. The highest BCUT2D eigenvalue weighted by Crippen LogP contribution is 2.15. The summed E-state index contributed by atoms with van der Waals surface area (Å²) in [7, 11) is 0. The van der Waals surface area contributed by atoms with E-state index in [9.17, 15) is 9.59 Å². The van der Waals surface area contributed by atoms with Crippen molar-refractivity contribution >= 4 is 27.6 Å². The van der Waals surface area contributed by atoms with Crippen LogP contribution in [0.5, 0.6) is 0 Å². The number of amides is 1. The van der Waals surface area contributed by atoms with Crippen LogP contribution in [0.15, 0.2) is 71.8 Å². The second-order valence-corrected chi connectivity index (χ2v) is 6.61. The van der Waals surface area contributed by atoms with Gasteiger partial charge in [0.15, 0.2) is 0 Å². The van der Waals surface area contributed by atoms with Gasteiger partial charge < -0.3 is 5.32 Å². The number of para-hydroxylation sites is 1. The average molecular weight is 357 g/mol. The molecule has 0 saturated heterocycles. The number of hydrogen-bond acceptors (Lipinski definition) is 3. The van der Waals surface area contributed by atoms with E-state index in [-0.39, 0.29) is 18.0 Å². The summed E-state index contributed by atoms with van der Waals surface area (Å²) in [6.07, 6.45) is 1.44. The zero-order chi connectivity index (χ0) is 18.8. The van der Waals surface area contributed by atoms with E-state index in [4.69, 9.17) is 0 Å². The van der Waals surface area contributed by atoms with Crippen LogP contribution in [0.2, 0.25) is 0 Å². The molecule has 0 aliphatic heterocycles. The lowest BCUT2D eigenvalue weighted by Gasteiger charge is -2.09. The molecule has 1 aromatic heterocycles. The van der Waals surface area contributed by atoms with Crippen LogP contribution in [0, 0.1) is 6.92 Å². The van der Waals surface area contributed by atoms with E-state index in [0.717, 1.165) is 21.9 Å². The molecule has 1 N–H and O–H groups in total. The van der Waals surface area contributed by atoms with Gasteiger partial charge in [0.2, 0.25) is 5.91 Å². The molecular weight excluding hydrogens is 338 g/mol.